The summed E-state index contributed by atoms with van der Waals surface area (Å²) >= 11 is 0. The van der Waals surface area contributed by atoms with E-state index in [0.29, 0.717) is 31.4 Å². The third kappa shape index (κ3) is 3.99. The first-order chi connectivity index (χ1) is 8.04. The van der Waals surface area contributed by atoms with Gasteiger partial charge in [0.2, 0.25) is 5.95 Å². The number of rotatable bonds is 6. The Balaban J connectivity index is 2.78. The molecule has 0 aliphatic rings. The molecular weight excluding hydrogens is 218 g/mol. The number of hydrogen-bond donors (Lipinski definition) is 2. The number of amidine groups is 1. The SMILES string of the molecule is CCOCCN(C)c1nc(C)cc(C(=N)N)n1. The lowest BCUT2D eigenvalue weighted by Gasteiger charge is -2.17. The maximum absolute atomic E-state index is 7.38. The molecule has 3 N–H and O–H groups in total. The third-order valence-electron chi connectivity index (χ3n) is 2.23. The van der Waals surface area contributed by atoms with Crippen LogP contribution in [0, 0.1) is 12.3 Å². The Kier molecular flexibility index (Phi) is 4.84. The molecule has 0 amide bonds. The summed E-state index contributed by atoms with van der Waals surface area (Å²) in [7, 11) is 1.89. The summed E-state index contributed by atoms with van der Waals surface area (Å²) in [6.45, 7) is 5.83. The number of anilines is 1. The number of likely N-dealkylation sites (N-methyl/N-ethyl adjacent to an activating group) is 1. The number of nitrogens with two attached hydrogens (primary N) is 1. The van der Waals surface area contributed by atoms with E-state index in [1.54, 1.807) is 6.07 Å². The van der Waals surface area contributed by atoms with E-state index in [4.69, 9.17) is 15.9 Å². The van der Waals surface area contributed by atoms with Gasteiger partial charge in [0, 0.05) is 25.9 Å². The molecule has 1 rings (SSSR count). The van der Waals surface area contributed by atoms with Crippen molar-refractivity contribution >= 4 is 11.8 Å². The van der Waals surface area contributed by atoms with Gasteiger partial charge >= 0.3 is 0 Å². The van der Waals surface area contributed by atoms with Gasteiger partial charge in [-0.1, -0.05) is 0 Å². The van der Waals surface area contributed by atoms with E-state index >= 15 is 0 Å². The van der Waals surface area contributed by atoms with Crippen LogP contribution >= 0.6 is 0 Å². The maximum atomic E-state index is 7.38. The number of ether oxygens (including phenoxy) is 1. The molecule has 0 unspecified atom stereocenters. The van der Waals surface area contributed by atoms with Crippen LogP contribution in [0.25, 0.3) is 0 Å². The predicted molar refractivity (Wildman–Crippen MR) is 67.5 cm³/mol. The van der Waals surface area contributed by atoms with E-state index in [0.717, 1.165) is 5.69 Å². The fourth-order valence-corrected chi connectivity index (χ4v) is 1.31. The highest BCUT2D eigenvalue weighted by Gasteiger charge is 2.08. The van der Waals surface area contributed by atoms with Crippen LogP contribution in [0.2, 0.25) is 0 Å². The van der Waals surface area contributed by atoms with Gasteiger partial charge in [-0.3, -0.25) is 5.41 Å². The number of aryl methyl sites for hydroxylation is 1. The Morgan fingerprint density at radius 3 is 2.82 bits per heavy atom. The van der Waals surface area contributed by atoms with Crippen molar-refractivity contribution in [3.8, 4) is 0 Å². The number of aromatic nitrogens is 2. The Morgan fingerprint density at radius 2 is 2.24 bits per heavy atom. The van der Waals surface area contributed by atoms with Crippen LogP contribution in [0.1, 0.15) is 18.3 Å². The van der Waals surface area contributed by atoms with Crippen LogP contribution in [-0.2, 0) is 4.74 Å². The molecule has 94 valence electrons. The lowest BCUT2D eigenvalue weighted by atomic mass is 10.3. The second-order valence-electron chi connectivity index (χ2n) is 3.73. The minimum atomic E-state index is -0.0463. The minimum absolute atomic E-state index is 0.0463. The summed E-state index contributed by atoms with van der Waals surface area (Å²) in [5.74, 6) is 0.518. The van der Waals surface area contributed by atoms with Crippen molar-refractivity contribution in [2.24, 2.45) is 5.73 Å². The molecule has 0 bridgehead atoms. The Bertz CT molecular complexity index is 393. The topological polar surface area (TPSA) is 88.1 Å². The molecule has 1 aromatic heterocycles. The van der Waals surface area contributed by atoms with Gasteiger partial charge in [-0.2, -0.15) is 0 Å². The van der Waals surface area contributed by atoms with Crippen LogP contribution in [0.15, 0.2) is 6.07 Å². The standard InChI is InChI=1S/C11H19N5O/c1-4-17-6-5-16(3)11-14-8(2)7-9(15-11)10(12)13/h7H,4-6H2,1-3H3,(H3,12,13). The molecule has 6 nitrogen and oxygen atoms in total. The maximum Gasteiger partial charge on any atom is 0.226 e. The molecule has 0 aromatic carbocycles. The Hall–Kier alpha value is -1.69. The van der Waals surface area contributed by atoms with Crippen molar-refractivity contribution in [1.29, 1.82) is 5.41 Å². The van der Waals surface area contributed by atoms with E-state index in [9.17, 15) is 0 Å². The quantitative estimate of drug-likeness (QED) is 0.428. The fraction of sp³-hybridized carbons (Fsp3) is 0.545. The summed E-state index contributed by atoms with van der Waals surface area (Å²) in [6, 6.07) is 1.70. The van der Waals surface area contributed by atoms with Crippen LogP contribution in [0.3, 0.4) is 0 Å². The van der Waals surface area contributed by atoms with E-state index in [2.05, 4.69) is 9.97 Å². The van der Waals surface area contributed by atoms with Crippen LogP contribution < -0.4 is 10.6 Å². The first-order valence-corrected chi connectivity index (χ1v) is 5.53. The molecule has 0 fully saturated rings. The summed E-state index contributed by atoms with van der Waals surface area (Å²) in [4.78, 5) is 10.4. The second kappa shape index (κ2) is 6.15. The van der Waals surface area contributed by atoms with Gasteiger partial charge in [-0.15, -0.1) is 0 Å². The van der Waals surface area contributed by atoms with Gasteiger partial charge < -0.3 is 15.4 Å². The largest absolute Gasteiger partial charge is 0.382 e. The van der Waals surface area contributed by atoms with Gasteiger partial charge in [-0.05, 0) is 19.9 Å². The van der Waals surface area contributed by atoms with Crippen molar-refractivity contribution < 1.29 is 4.74 Å². The zero-order valence-electron chi connectivity index (χ0n) is 10.5. The zero-order valence-corrected chi connectivity index (χ0v) is 10.5. The van der Waals surface area contributed by atoms with Crippen molar-refractivity contribution in [3.05, 3.63) is 17.5 Å². The number of nitrogen functional groups attached to an aromatic ring is 1. The second-order valence-corrected chi connectivity index (χ2v) is 3.73. The molecule has 0 spiro atoms. The first-order valence-electron chi connectivity index (χ1n) is 5.53. The van der Waals surface area contributed by atoms with Crippen molar-refractivity contribution in [1.82, 2.24) is 9.97 Å². The van der Waals surface area contributed by atoms with E-state index in [-0.39, 0.29) is 5.84 Å². The fourth-order valence-electron chi connectivity index (χ4n) is 1.31. The normalized spacial score (nSPS) is 10.3. The van der Waals surface area contributed by atoms with Gasteiger partial charge in [0.15, 0.2) is 0 Å². The average molecular weight is 237 g/mol. The summed E-state index contributed by atoms with van der Waals surface area (Å²) < 4.78 is 5.27. The molecule has 1 aromatic rings. The lowest BCUT2D eigenvalue weighted by Crippen LogP contribution is -2.26. The number of nitrogens with one attached hydrogen (secondary N) is 1. The molecule has 0 saturated heterocycles. The third-order valence-corrected chi connectivity index (χ3v) is 2.23. The molecule has 1 heterocycles. The van der Waals surface area contributed by atoms with Crippen LogP contribution in [0.5, 0.6) is 0 Å². The highest BCUT2D eigenvalue weighted by molar-refractivity contribution is 5.93. The number of hydrogen-bond acceptors (Lipinski definition) is 5. The molecule has 0 aliphatic carbocycles. The molecule has 0 atom stereocenters. The highest BCUT2D eigenvalue weighted by atomic mass is 16.5. The smallest absolute Gasteiger partial charge is 0.226 e. The predicted octanol–water partition coefficient (Wildman–Crippen LogP) is 0.542. The molecule has 0 saturated carbocycles. The van der Waals surface area contributed by atoms with Crippen LogP contribution in [-0.4, -0.2) is 42.6 Å². The monoisotopic (exact) mass is 237 g/mol. The van der Waals surface area contributed by atoms with E-state index in [1.165, 1.54) is 0 Å². The lowest BCUT2D eigenvalue weighted by molar-refractivity contribution is 0.154. The van der Waals surface area contributed by atoms with E-state index in [1.807, 2.05) is 25.8 Å². The van der Waals surface area contributed by atoms with E-state index < -0.39 is 0 Å². The van der Waals surface area contributed by atoms with Crippen molar-refractivity contribution in [3.63, 3.8) is 0 Å². The summed E-state index contributed by atoms with van der Waals surface area (Å²) in [5.41, 5.74) is 6.67. The highest BCUT2D eigenvalue weighted by Crippen LogP contribution is 2.08. The van der Waals surface area contributed by atoms with Gasteiger partial charge in [0.25, 0.3) is 0 Å². The zero-order chi connectivity index (χ0) is 12.8. The Labute approximate surface area is 101 Å². The average Bonchev–Trinajstić information content (AvgIpc) is 2.28. The van der Waals surface area contributed by atoms with Gasteiger partial charge in [0.05, 0.1) is 6.61 Å². The van der Waals surface area contributed by atoms with Gasteiger partial charge in [0.1, 0.15) is 11.5 Å². The number of nitrogens with zero attached hydrogens (tertiary/aromatic N) is 3. The molecule has 0 radical (unpaired) electrons. The molecule has 17 heavy (non-hydrogen) atoms. The molecule has 6 heteroatoms. The van der Waals surface area contributed by atoms with Gasteiger partial charge in [-0.25, -0.2) is 9.97 Å². The summed E-state index contributed by atoms with van der Waals surface area (Å²) in [6.07, 6.45) is 0. The molecular formula is C11H19N5O. The summed E-state index contributed by atoms with van der Waals surface area (Å²) in [5, 5.41) is 7.38. The minimum Gasteiger partial charge on any atom is -0.382 e. The first kappa shape index (κ1) is 13.4. The van der Waals surface area contributed by atoms with Crippen LogP contribution in [0.4, 0.5) is 5.95 Å². The Morgan fingerprint density at radius 1 is 1.53 bits per heavy atom. The van der Waals surface area contributed by atoms with Crippen molar-refractivity contribution in [2.75, 3.05) is 31.7 Å². The molecule has 0 aliphatic heterocycles. The van der Waals surface area contributed by atoms with Crippen molar-refractivity contribution in [2.45, 2.75) is 13.8 Å².